The lowest BCUT2D eigenvalue weighted by Crippen LogP contribution is -2.51. The SMILES string of the molecule is C=CCNC1(CN)CCCN(CCC)CC1. The predicted octanol–water partition coefficient (Wildman–Crippen LogP) is 1.36. The van der Waals surface area contributed by atoms with E-state index >= 15 is 0 Å². The summed E-state index contributed by atoms with van der Waals surface area (Å²) in [5.74, 6) is 0. The van der Waals surface area contributed by atoms with Crippen LogP contribution in [0.15, 0.2) is 12.7 Å². The van der Waals surface area contributed by atoms with Crippen LogP contribution in [-0.4, -0.2) is 43.2 Å². The van der Waals surface area contributed by atoms with Crippen LogP contribution in [0.4, 0.5) is 0 Å². The predicted molar refractivity (Wildman–Crippen MR) is 70.6 cm³/mol. The molecular formula is C13H27N3. The minimum Gasteiger partial charge on any atom is -0.329 e. The van der Waals surface area contributed by atoms with E-state index in [1.165, 1.54) is 38.9 Å². The van der Waals surface area contributed by atoms with Crippen LogP contribution < -0.4 is 11.1 Å². The second kappa shape index (κ2) is 7.05. The van der Waals surface area contributed by atoms with E-state index < -0.39 is 0 Å². The van der Waals surface area contributed by atoms with Gasteiger partial charge in [-0.2, -0.15) is 0 Å². The smallest absolute Gasteiger partial charge is 0.0319 e. The average Bonchev–Trinajstić information content (AvgIpc) is 2.51. The molecule has 1 heterocycles. The maximum Gasteiger partial charge on any atom is 0.0319 e. The minimum absolute atomic E-state index is 0.149. The molecule has 1 aliphatic rings. The van der Waals surface area contributed by atoms with Crippen LogP contribution in [0.5, 0.6) is 0 Å². The fourth-order valence-corrected chi connectivity index (χ4v) is 2.53. The first-order chi connectivity index (χ1) is 7.76. The van der Waals surface area contributed by atoms with E-state index in [1.54, 1.807) is 0 Å². The van der Waals surface area contributed by atoms with Gasteiger partial charge in [0.2, 0.25) is 0 Å². The molecule has 0 aromatic heterocycles. The standard InChI is InChI=1S/C13H27N3/c1-3-8-15-13(12-14)6-5-10-16(9-4-2)11-7-13/h3,15H,1,4-12,14H2,2H3. The summed E-state index contributed by atoms with van der Waals surface area (Å²) in [4.78, 5) is 2.56. The quantitative estimate of drug-likeness (QED) is 0.671. The highest BCUT2D eigenvalue weighted by molar-refractivity contribution is 4.94. The molecule has 0 aliphatic carbocycles. The van der Waals surface area contributed by atoms with Crippen molar-refractivity contribution >= 4 is 0 Å². The Balaban J connectivity index is 2.49. The van der Waals surface area contributed by atoms with Gasteiger partial charge < -0.3 is 16.0 Å². The van der Waals surface area contributed by atoms with Crippen LogP contribution >= 0.6 is 0 Å². The van der Waals surface area contributed by atoms with E-state index in [2.05, 4.69) is 23.7 Å². The maximum atomic E-state index is 5.95. The van der Waals surface area contributed by atoms with Crippen LogP contribution in [0, 0.1) is 0 Å². The topological polar surface area (TPSA) is 41.3 Å². The van der Waals surface area contributed by atoms with Gasteiger partial charge in [0.15, 0.2) is 0 Å². The van der Waals surface area contributed by atoms with Crippen LogP contribution in [0.3, 0.4) is 0 Å². The van der Waals surface area contributed by atoms with Crippen molar-refractivity contribution in [2.24, 2.45) is 5.73 Å². The molecule has 1 atom stereocenters. The maximum absolute atomic E-state index is 5.95. The average molecular weight is 225 g/mol. The number of hydrogen-bond acceptors (Lipinski definition) is 3. The second-order valence-corrected chi connectivity index (χ2v) is 4.85. The van der Waals surface area contributed by atoms with E-state index in [0.717, 1.165) is 19.5 Å². The summed E-state index contributed by atoms with van der Waals surface area (Å²) in [6, 6.07) is 0. The molecule has 0 spiro atoms. The van der Waals surface area contributed by atoms with Gasteiger partial charge >= 0.3 is 0 Å². The zero-order valence-corrected chi connectivity index (χ0v) is 10.7. The minimum atomic E-state index is 0.149. The Kier molecular flexibility index (Phi) is 6.03. The third kappa shape index (κ3) is 3.89. The highest BCUT2D eigenvalue weighted by Gasteiger charge is 2.29. The van der Waals surface area contributed by atoms with Crippen molar-refractivity contribution in [1.82, 2.24) is 10.2 Å². The van der Waals surface area contributed by atoms with Gasteiger partial charge in [-0.1, -0.05) is 13.0 Å². The number of nitrogens with zero attached hydrogens (tertiary/aromatic N) is 1. The number of nitrogens with two attached hydrogens (primary N) is 1. The molecule has 0 amide bonds. The first kappa shape index (κ1) is 13.7. The molecule has 0 bridgehead atoms. The molecule has 1 unspecified atom stereocenters. The van der Waals surface area contributed by atoms with E-state index in [4.69, 9.17) is 5.73 Å². The molecule has 94 valence electrons. The lowest BCUT2D eigenvalue weighted by Gasteiger charge is -2.32. The molecule has 0 aromatic carbocycles. The van der Waals surface area contributed by atoms with Crippen LogP contribution in [0.2, 0.25) is 0 Å². The summed E-state index contributed by atoms with van der Waals surface area (Å²) in [6.07, 6.45) is 6.78. The Bertz CT molecular complexity index is 205. The van der Waals surface area contributed by atoms with Crippen LogP contribution in [0.1, 0.15) is 32.6 Å². The Morgan fingerprint density at radius 3 is 2.88 bits per heavy atom. The van der Waals surface area contributed by atoms with Gasteiger partial charge in [0, 0.05) is 18.6 Å². The lowest BCUT2D eigenvalue weighted by atomic mass is 9.90. The number of hydrogen-bond donors (Lipinski definition) is 2. The van der Waals surface area contributed by atoms with Crippen LogP contribution in [0.25, 0.3) is 0 Å². The summed E-state index contributed by atoms with van der Waals surface area (Å²) >= 11 is 0. The first-order valence-corrected chi connectivity index (χ1v) is 6.54. The summed E-state index contributed by atoms with van der Waals surface area (Å²) in [5, 5.41) is 3.57. The van der Waals surface area contributed by atoms with Gasteiger partial charge in [0.05, 0.1) is 0 Å². The van der Waals surface area contributed by atoms with Crippen molar-refractivity contribution in [3.05, 3.63) is 12.7 Å². The van der Waals surface area contributed by atoms with Gasteiger partial charge in [-0.05, 0) is 45.3 Å². The Hall–Kier alpha value is -0.380. The highest BCUT2D eigenvalue weighted by Crippen LogP contribution is 2.21. The monoisotopic (exact) mass is 225 g/mol. The van der Waals surface area contributed by atoms with Gasteiger partial charge in [0.25, 0.3) is 0 Å². The molecule has 1 rings (SSSR count). The van der Waals surface area contributed by atoms with Crippen molar-refractivity contribution in [2.45, 2.75) is 38.1 Å². The van der Waals surface area contributed by atoms with Crippen molar-refractivity contribution in [2.75, 3.05) is 32.7 Å². The van der Waals surface area contributed by atoms with Crippen LogP contribution in [-0.2, 0) is 0 Å². The number of rotatable bonds is 6. The zero-order chi connectivity index (χ0) is 11.9. The number of likely N-dealkylation sites (tertiary alicyclic amines) is 1. The summed E-state index contributed by atoms with van der Waals surface area (Å²) in [5.41, 5.74) is 6.10. The lowest BCUT2D eigenvalue weighted by molar-refractivity contribution is 0.262. The molecule has 3 nitrogen and oxygen atoms in total. The summed E-state index contributed by atoms with van der Waals surface area (Å²) in [7, 11) is 0. The molecule has 1 fully saturated rings. The molecule has 1 aliphatic heterocycles. The Morgan fingerprint density at radius 2 is 2.25 bits per heavy atom. The van der Waals surface area contributed by atoms with E-state index in [0.29, 0.717) is 0 Å². The highest BCUT2D eigenvalue weighted by atomic mass is 15.1. The Labute approximate surface area is 100 Å². The molecule has 1 saturated heterocycles. The normalized spacial score (nSPS) is 27.6. The first-order valence-electron chi connectivity index (χ1n) is 6.54. The Morgan fingerprint density at radius 1 is 1.44 bits per heavy atom. The largest absolute Gasteiger partial charge is 0.329 e. The molecule has 3 heteroatoms. The number of nitrogens with one attached hydrogen (secondary N) is 1. The van der Waals surface area contributed by atoms with Gasteiger partial charge in [-0.15, -0.1) is 6.58 Å². The molecular weight excluding hydrogens is 198 g/mol. The second-order valence-electron chi connectivity index (χ2n) is 4.85. The fraction of sp³-hybridized carbons (Fsp3) is 0.846. The van der Waals surface area contributed by atoms with Crippen molar-refractivity contribution < 1.29 is 0 Å². The van der Waals surface area contributed by atoms with E-state index in [-0.39, 0.29) is 5.54 Å². The van der Waals surface area contributed by atoms with E-state index in [9.17, 15) is 0 Å². The van der Waals surface area contributed by atoms with Crippen molar-refractivity contribution in [1.29, 1.82) is 0 Å². The van der Waals surface area contributed by atoms with E-state index in [1.807, 2.05) is 6.08 Å². The summed E-state index contributed by atoms with van der Waals surface area (Å²) in [6.45, 7) is 11.2. The van der Waals surface area contributed by atoms with Gasteiger partial charge in [0.1, 0.15) is 0 Å². The molecule has 0 aromatic rings. The van der Waals surface area contributed by atoms with Crippen molar-refractivity contribution in [3.8, 4) is 0 Å². The molecule has 3 N–H and O–H groups in total. The van der Waals surface area contributed by atoms with Crippen molar-refractivity contribution in [3.63, 3.8) is 0 Å². The molecule has 16 heavy (non-hydrogen) atoms. The van der Waals surface area contributed by atoms with Gasteiger partial charge in [-0.25, -0.2) is 0 Å². The van der Waals surface area contributed by atoms with Gasteiger partial charge in [-0.3, -0.25) is 0 Å². The third-order valence-corrected chi connectivity index (χ3v) is 3.59. The molecule has 0 saturated carbocycles. The third-order valence-electron chi connectivity index (χ3n) is 3.59. The zero-order valence-electron chi connectivity index (χ0n) is 10.7. The fourth-order valence-electron chi connectivity index (χ4n) is 2.53. The molecule has 0 radical (unpaired) electrons. The summed E-state index contributed by atoms with van der Waals surface area (Å²) < 4.78 is 0.